The van der Waals surface area contributed by atoms with Gasteiger partial charge in [-0.1, -0.05) is 18.2 Å². The number of amides is 1. The van der Waals surface area contributed by atoms with Crippen molar-refractivity contribution in [1.29, 1.82) is 10.5 Å². The highest BCUT2D eigenvalue weighted by Crippen LogP contribution is 2.24. The van der Waals surface area contributed by atoms with Gasteiger partial charge in [0, 0.05) is 77.3 Å². The lowest BCUT2D eigenvalue weighted by atomic mass is 10.1. The molecule has 1 aromatic heterocycles. The van der Waals surface area contributed by atoms with Crippen LogP contribution in [0.15, 0.2) is 60.8 Å². The van der Waals surface area contributed by atoms with Crippen molar-refractivity contribution in [3.8, 4) is 12.1 Å². The van der Waals surface area contributed by atoms with Crippen molar-refractivity contribution in [2.45, 2.75) is 19.5 Å². The molecular weight excluding hydrogens is 474 g/mol. The molecule has 8 nitrogen and oxygen atoms in total. The molecule has 0 saturated carbocycles. The van der Waals surface area contributed by atoms with Crippen LogP contribution in [0.2, 0.25) is 0 Å². The molecule has 38 heavy (non-hydrogen) atoms. The number of nitriles is 2. The van der Waals surface area contributed by atoms with Crippen molar-refractivity contribution in [1.82, 2.24) is 14.4 Å². The van der Waals surface area contributed by atoms with Crippen LogP contribution in [0, 0.1) is 22.7 Å². The fourth-order valence-electron chi connectivity index (χ4n) is 5.59. The van der Waals surface area contributed by atoms with Gasteiger partial charge in [-0.2, -0.15) is 10.5 Å². The lowest BCUT2D eigenvalue weighted by Crippen LogP contribution is -2.54. The third kappa shape index (κ3) is 5.22. The fourth-order valence-corrected chi connectivity index (χ4v) is 5.59. The smallest absolute Gasteiger partial charge is 0.270 e. The molecule has 0 unspecified atom stereocenters. The summed E-state index contributed by atoms with van der Waals surface area (Å²) >= 11 is 0. The lowest BCUT2D eigenvalue weighted by molar-refractivity contribution is 0.0664. The fraction of sp³-hybridized carbons (Fsp3) is 0.367. The van der Waals surface area contributed by atoms with Gasteiger partial charge in [0.05, 0.1) is 22.9 Å². The van der Waals surface area contributed by atoms with Crippen LogP contribution in [0.25, 0.3) is 0 Å². The van der Waals surface area contributed by atoms with E-state index in [-0.39, 0.29) is 11.9 Å². The maximum Gasteiger partial charge on any atom is 0.270 e. The first-order valence-corrected chi connectivity index (χ1v) is 13.1. The standard InChI is InChI=1S/C30H33N7O/c1-23-20-36(27-8-5-6-24(16-27)18-31)14-15-37(23)30(38)29-17-25(21-33(29)2)22-34-10-12-35(13-11-34)28-9-4-3-7-26(28)19-32/h3-9,16-17,21,23H,10-15,20,22H2,1-2H3/t23-/m0/s1. The first-order chi connectivity index (χ1) is 18.5. The molecule has 3 aromatic rings. The van der Waals surface area contributed by atoms with Gasteiger partial charge in [-0.3, -0.25) is 9.69 Å². The monoisotopic (exact) mass is 507 g/mol. The van der Waals surface area contributed by atoms with E-state index in [0.717, 1.165) is 68.3 Å². The van der Waals surface area contributed by atoms with Gasteiger partial charge in [0.2, 0.25) is 0 Å². The quantitative estimate of drug-likeness (QED) is 0.526. The topological polar surface area (TPSA) is 82.5 Å². The number of piperazine rings is 2. The zero-order valence-electron chi connectivity index (χ0n) is 22.0. The van der Waals surface area contributed by atoms with E-state index in [2.05, 4.69) is 40.0 Å². The summed E-state index contributed by atoms with van der Waals surface area (Å²) in [4.78, 5) is 22.4. The number of aryl methyl sites for hydroxylation is 1. The number of hydrogen-bond acceptors (Lipinski definition) is 6. The van der Waals surface area contributed by atoms with Gasteiger partial charge in [-0.15, -0.1) is 0 Å². The number of rotatable bonds is 5. The van der Waals surface area contributed by atoms with Gasteiger partial charge in [-0.25, -0.2) is 0 Å². The van der Waals surface area contributed by atoms with Crippen LogP contribution in [-0.2, 0) is 13.6 Å². The van der Waals surface area contributed by atoms with Crippen LogP contribution in [0.5, 0.6) is 0 Å². The van der Waals surface area contributed by atoms with E-state index in [1.54, 1.807) is 0 Å². The van der Waals surface area contributed by atoms with E-state index in [9.17, 15) is 15.3 Å². The van der Waals surface area contributed by atoms with Crippen molar-refractivity contribution in [3.63, 3.8) is 0 Å². The predicted molar refractivity (Wildman–Crippen MR) is 148 cm³/mol. The van der Waals surface area contributed by atoms with Crippen LogP contribution in [0.1, 0.15) is 34.1 Å². The van der Waals surface area contributed by atoms with E-state index in [1.165, 1.54) is 0 Å². The first-order valence-electron chi connectivity index (χ1n) is 13.1. The van der Waals surface area contributed by atoms with Crippen LogP contribution in [-0.4, -0.2) is 72.1 Å². The molecule has 2 aliphatic rings. The molecule has 3 heterocycles. The van der Waals surface area contributed by atoms with Gasteiger partial charge in [-0.05, 0) is 48.9 Å². The minimum absolute atomic E-state index is 0.0599. The average molecular weight is 508 g/mol. The summed E-state index contributed by atoms with van der Waals surface area (Å²) in [6.45, 7) is 8.56. The number of carbonyl (C=O) groups excluding carboxylic acids is 1. The van der Waals surface area contributed by atoms with E-state index in [4.69, 9.17) is 0 Å². The Kier molecular flexibility index (Phi) is 7.35. The predicted octanol–water partition coefficient (Wildman–Crippen LogP) is 3.44. The summed E-state index contributed by atoms with van der Waals surface area (Å²) in [7, 11) is 1.95. The molecule has 0 bridgehead atoms. The second-order valence-corrected chi connectivity index (χ2v) is 10.2. The lowest BCUT2D eigenvalue weighted by Gasteiger charge is -2.41. The van der Waals surface area contributed by atoms with Gasteiger partial charge in [0.25, 0.3) is 5.91 Å². The Morgan fingerprint density at radius 1 is 0.921 bits per heavy atom. The number of anilines is 2. The van der Waals surface area contributed by atoms with Crippen molar-refractivity contribution in [3.05, 3.63) is 83.2 Å². The molecule has 0 aliphatic carbocycles. The van der Waals surface area contributed by atoms with E-state index in [1.807, 2.05) is 71.1 Å². The third-order valence-corrected chi connectivity index (χ3v) is 7.65. The Morgan fingerprint density at radius 3 is 2.42 bits per heavy atom. The molecule has 194 valence electrons. The summed E-state index contributed by atoms with van der Waals surface area (Å²) in [5.74, 6) is 0.0644. The van der Waals surface area contributed by atoms with Gasteiger partial charge in [0.15, 0.2) is 0 Å². The van der Waals surface area contributed by atoms with E-state index >= 15 is 0 Å². The number of aromatic nitrogens is 1. The summed E-state index contributed by atoms with van der Waals surface area (Å²) in [5.41, 5.74) is 5.26. The Hall–Kier alpha value is -4.27. The van der Waals surface area contributed by atoms with Crippen LogP contribution >= 0.6 is 0 Å². The second kappa shape index (κ2) is 11.0. The van der Waals surface area contributed by atoms with Crippen LogP contribution in [0.3, 0.4) is 0 Å². The molecular formula is C30H33N7O. The zero-order valence-corrected chi connectivity index (χ0v) is 22.0. The molecule has 2 saturated heterocycles. The van der Waals surface area contributed by atoms with Gasteiger partial charge < -0.3 is 19.3 Å². The number of carbonyl (C=O) groups is 1. The highest BCUT2D eigenvalue weighted by atomic mass is 16.2. The molecule has 1 amide bonds. The highest BCUT2D eigenvalue weighted by Gasteiger charge is 2.30. The van der Waals surface area contributed by atoms with Crippen molar-refractivity contribution in [2.24, 2.45) is 7.05 Å². The second-order valence-electron chi connectivity index (χ2n) is 10.2. The summed E-state index contributed by atoms with van der Waals surface area (Å²) in [5, 5.41) is 18.7. The van der Waals surface area contributed by atoms with Crippen LogP contribution in [0.4, 0.5) is 11.4 Å². The molecule has 5 rings (SSSR count). The van der Waals surface area contributed by atoms with Gasteiger partial charge in [0.1, 0.15) is 11.8 Å². The molecule has 2 fully saturated rings. The minimum atomic E-state index is 0.0599. The molecule has 0 spiro atoms. The minimum Gasteiger partial charge on any atom is -0.368 e. The Labute approximate surface area is 224 Å². The molecule has 8 heteroatoms. The molecule has 0 radical (unpaired) electrons. The summed E-state index contributed by atoms with van der Waals surface area (Å²) in [6, 6.07) is 22.0. The Balaban J connectivity index is 1.19. The number of hydrogen-bond donors (Lipinski definition) is 0. The van der Waals surface area contributed by atoms with Gasteiger partial charge >= 0.3 is 0 Å². The highest BCUT2D eigenvalue weighted by molar-refractivity contribution is 5.93. The third-order valence-electron chi connectivity index (χ3n) is 7.65. The van der Waals surface area contributed by atoms with Crippen molar-refractivity contribution < 1.29 is 4.79 Å². The largest absolute Gasteiger partial charge is 0.368 e. The Bertz CT molecular complexity index is 1390. The average Bonchev–Trinajstić information content (AvgIpc) is 3.32. The van der Waals surface area contributed by atoms with Crippen molar-refractivity contribution in [2.75, 3.05) is 55.6 Å². The molecule has 0 N–H and O–H groups in total. The molecule has 2 aliphatic heterocycles. The summed E-state index contributed by atoms with van der Waals surface area (Å²) in [6.07, 6.45) is 2.07. The number of benzene rings is 2. The first kappa shape index (κ1) is 25.4. The Morgan fingerprint density at radius 2 is 1.68 bits per heavy atom. The SMILES string of the molecule is C[C@H]1CN(c2cccc(C#N)c2)CCN1C(=O)c1cc(CN2CCN(c3ccccc3C#N)CC2)cn1C. The normalized spacial score (nSPS) is 18.2. The van der Waals surface area contributed by atoms with Crippen molar-refractivity contribution >= 4 is 17.3 Å². The van der Waals surface area contributed by atoms with E-state index in [0.29, 0.717) is 17.8 Å². The molecule has 1 atom stereocenters. The van der Waals surface area contributed by atoms with E-state index < -0.39 is 0 Å². The maximum absolute atomic E-state index is 13.5. The number of nitrogens with zero attached hydrogens (tertiary/aromatic N) is 7. The maximum atomic E-state index is 13.5. The van der Waals surface area contributed by atoms with Crippen LogP contribution < -0.4 is 9.80 Å². The summed E-state index contributed by atoms with van der Waals surface area (Å²) < 4.78 is 1.95. The number of para-hydroxylation sites is 1. The molecule has 2 aromatic carbocycles. The zero-order chi connectivity index (χ0) is 26.6.